The number of ether oxygens (including phenoxy) is 7. The van der Waals surface area contributed by atoms with Crippen molar-refractivity contribution in [1.29, 1.82) is 0 Å². The van der Waals surface area contributed by atoms with Crippen LogP contribution in [-0.2, 0) is 47.5 Å². The van der Waals surface area contributed by atoms with Gasteiger partial charge < -0.3 is 43.4 Å². The summed E-state index contributed by atoms with van der Waals surface area (Å²) in [5, 5.41) is 22.3. The minimum Gasteiger partial charge on any atom is -0.457 e. The molecule has 0 radical (unpaired) electrons. The van der Waals surface area contributed by atoms with Crippen molar-refractivity contribution in [3.63, 3.8) is 0 Å². The summed E-state index contributed by atoms with van der Waals surface area (Å²) in [4.78, 5) is 35.1. The number of hydrogen-bond donors (Lipinski definition) is 2. The second-order valence-corrected chi connectivity index (χ2v) is 11.3. The van der Waals surface area contributed by atoms with Gasteiger partial charge in [0, 0.05) is 27.4 Å². The van der Waals surface area contributed by atoms with Crippen LogP contribution in [0.25, 0.3) is 0 Å². The highest BCUT2D eigenvalue weighted by atomic mass is 16.8. The summed E-state index contributed by atoms with van der Waals surface area (Å²) in [7, 11) is 0. The fourth-order valence-electron chi connectivity index (χ4n) is 5.35. The molecule has 2 saturated heterocycles. The van der Waals surface area contributed by atoms with Gasteiger partial charge in [-0.1, -0.05) is 64.7 Å². The Morgan fingerprint density at radius 3 is 1.60 bits per heavy atom. The Kier molecular flexibility index (Phi) is 16.2. The molecule has 2 heterocycles. The lowest BCUT2D eigenvalue weighted by molar-refractivity contribution is -0.362. The second kappa shape index (κ2) is 18.7. The molecule has 2 aliphatic heterocycles. The molecule has 0 aliphatic carbocycles. The van der Waals surface area contributed by atoms with Gasteiger partial charge in [0.25, 0.3) is 0 Å². The number of hydrogen-bond acceptors (Lipinski definition) is 12. The number of rotatable bonds is 17. The molecular formula is C30H52O12. The lowest BCUT2D eigenvalue weighted by Crippen LogP contribution is -2.64. The van der Waals surface area contributed by atoms with E-state index in [0.717, 1.165) is 26.2 Å². The highest BCUT2D eigenvalue weighted by Gasteiger charge is 2.53. The van der Waals surface area contributed by atoms with Gasteiger partial charge in [-0.25, -0.2) is 0 Å². The average molecular weight is 605 g/mol. The van der Waals surface area contributed by atoms with Gasteiger partial charge in [0.1, 0.15) is 18.3 Å². The Morgan fingerprint density at radius 1 is 0.595 bits per heavy atom. The Balaban J connectivity index is 2.04. The average Bonchev–Trinajstić information content (AvgIpc) is 2.91. The van der Waals surface area contributed by atoms with E-state index in [-0.39, 0.29) is 0 Å². The number of esters is 3. The largest absolute Gasteiger partial charge is 0.457 e. The van der Waals surface area contributed by atoms with Gasteiger partial charge in [-0.3, -0.25) is 14.4 Å². The fraction of sp³-hybridized carbons (Fsp3) is 0.900. The van der Waals surface area contributed by atoms with Crippen LogP contribution < -0.4 is 0 Å². The summed E-state index contributed by atoms with van der Waals surface area (Å²) in [5.74, 6) is -1.96. The molecule has 244 valence electrons. The molecule has 12 heteroatoms. The third-order valence-corrected chi connectivity index (χ3v) is 7.48. The van der Waals surface area contributed by atoms with Gasteiger partial charge in [-0.2, -0.15) is 0 Å². The highest BCUT2D eigenvalue weighted by molar-refractivity contribution is 5.67. The molecule has 0 aromatic carbocycles. The first-order valence-electron chi connectivity index (χ1n) is 15.4. The van der Waals surface area contributed by atoms with Crippen molar-refractivity contribution in [1.82, 2.24) is 0 Å². The fourth-order valence-corrected chi connectivity index (χ4v) is 5.35. The highest BCUT2D eigenvalue weighted by Crippen LogP contribution is 2.32. The van der Waals surface area contributed by atoms with E-state index in [1.165, 1.54) is 58.8 Å². The van der Waals surface area contributed by atoms with Crippen molar-refractivity contribution < 1.29 is 57.8 Å². The van der Waals surface area contributed by atoms with E-state index in [0.29, 0.717) is 6.61 Å². The lowest BCUT2D eigenvalue weighted by Gasteiger charge is -2.47. The molecular weight excluding hydrogens is 552 g/mol. The van der Waals surface area contributed by atoms with Crippen LogP contribution in [0.15, 0.2) is 0 Å². The maximum Gasteiger partial charge on any atom is 0.303 e. The van der Waals surface area contributed by atoms with Crippen molar-refractivity contribution in [2.45, 2.75) is 167 Å². The molecule has 12 nitrogen and oxygen atoms in total. The third-order valence-electron chi connectivity index (χ3n) is 7.48. The number of carbonyl (C=O) groups excluding carboxylic acids is 3. The predicted molar refractivity (Wildman–Crippen MR) is 150 cm³/mol. The topological polar surface area (TPSA) is 156 Å². The zero-order valence-corrected chi connectivity index (χ0v) is 26.0. The van der Waals surface area contributed by atoms with Gasteiger partial charge in [0.2, 0.25) is 0 Å². The van der Waals surface area contributed by atoms with Crippen LogP contribution in [0.3, 0.4) is 0 Å². The zero-order chi connectivity index (χ0) is 31.2. The van der Waals surface area contributed by atoms with Crippen LogP contribution in [-0.4, -0.2) is 96.1 Å². The van der Waals surface area contributed by atoms with Gasteiger partial charge in [0.15, 0.2) is 30.9 Å². The van der Waals surface area contributed by atoms with Crippen LogP contribution in [0.1, 0.15) is 106 Å². The van der Waals surface area contributed by atoms with E-state index >= 15 is 0 Å². The van der Waals surface area contributed by atoms with E-state index in [1.807, 2.05) is 0 Å². The van der Waals surface area contributed by atoms with Crippen molar-refractivity contribution in [3.05, 3.63) is 0 Å². The van der Waals surface area contributed by atoms with Crippen molar-refractivity contribution in [2.24, 2.45) is 0 Å². The molecule has 0 saturated carbocycles. The Morgan fingerprint density at radius 2 is 1.05 bits per heavy atom. The summed E-state index contributed by atoms with van der Waals surface area (Å²) in [6, 6.07) is 0. The molecule has 2 aliphatic rings. The van der Waals surface area contributed by atoms with Crippen molar-refractivity contribution >= 4 is 17.9 Å². The monoisotopic (exact) mass is 604 g/mol. The molecule has 0 aromatic heterocycles. The summed E-state index contributed by atoms with van der Waals surface area (Å²) in [5.41, 5.74) is 0. The van der Waals surface area contributed by atoms with Crippen molar-refractivity contribution in [3.8, 4) is 0 Å². The molecule has 2 rings (SSSR count). The first-order chi connectivity index (χ1) is 20.0. The molecule has 2 fully saturated rings. The van der Waals surface area contributed by atoms with E-state index in [1.54, 1.807) is 13.8 Å². The van der Waals surface area contributed by atoms with Gasteiger partial charge in [-0.15, -0.1) is 0 Å². The molecule has 0 aromatic rings. The number of unbranched alkanes of at least 4 members (excludes halogenated alkanes) is 9. The standard InChI is InChI=1S/C30H52O12/c1-7-8-9-10-11-12-13-14-15-16-17-36-30-28(23(34)25(18(2)38-30)39-20(4)31)42-29-24(35)27(41-22(6)33)26(19(3)37-29)40-21(5)32/h18-19,23-30,34-35H,7-17H2,1-6H3/t18-,19+,23+,24-,25+,26+,27+,28-,29+,30-/m1/s1. The van der Waals surface area contributed by atoms with E-state index in [9.17, 15) is 24.6 Å². The van der Waals surface area contributed by atoms with Gasteiger partial charge in [-0.05, 0) is 20.3 Å². The number of aliphatic hydroxyl groups excluding tert-OH is 2. The summed E-state index contributed by atoms with van der Waals surface area (Å²) in [6.07, 6.45) is -0.0652. The quantitative estimate of drug-likeness (QED) is 0.142. The molecule has 0 unspecified atom stereocenters. The maximum absolute atomic E-state index is 11.8. The van der Waals surface area contributed by atoms with E-state index < -0.39 is 79.3 Å². The second-order valence-electron chi connectivity index (χ2n) is 11.3. The van der Waals surface area contributed by atoms with Gasteiger partial charge in [0.05, 0.1) is 12.2 Å². The Labute approximate surface area is 249 Å². The smallest absolute Gasteiger partial charge is 0.303 e. The van der Waals surface area contributed by atoms with Crippen LogP contribution in [0.2, 0.25) is 0 Å². The van der Waals surface area contributed by atoms with Crippen molar-refractivity contribution in [2.75, 3.05) is 6.61 Å². The Bertz CT molecular complexity index is 822. The van der Waals surface area contributed by atoms with Crippen LogP contribution in [0.5, 0.6) is 0 Å². The first-order valence-corrected chi connectivity index (χ1v) is 15.4. The molecule has 0 spiro atoms. The number of carbonyl (C=O) groups is 3. The SMILES string of the molecule is CCCCCCCCCCCCO[C@@H]1O[C@H](C)[C@H](OC(C)=O)[C@H](O)[C@H]1O[C@@H]1O[C@@H](C)[C@H](OC(C)=O)[C@@H](OC(C)=O)[C@H]1O. The summed E-state index contributed by atoms with van der Waals surface area (Å²) in [6.45, 7) is 9.35. The first kappa shape index (κ1) is 36.4. The van der Waals surface area contributed by atoms with Crippen LogP contribution >= 0.6 is 0 Å². The maximum atomic E-state index is 11.8. The molecule has 42 heavy (non-hydrogen) atoms. The zero-order valence-electron chi connectivity index (χ0n) is 26.0. The third kappa shape index (κ3) is 11.7. The van der Waals surface area contributed by atoms with E-state index in [2.05, 4.69) is 6.92 Å². The van der Waals surface area contributed by atoms with Crippen LogP contribution in [0, 0.1) is 0 Å². The number of aliphatic hydroxyl groups is 2. The predicted octanol–water partition coefficient (Wildman–Crippen LogP) is 3.32. The van der Waals surface area contributed by atoms with Crippen LogP contribution in [0.4, 0.5) is 0 Å². The lowest BCUT2D eigenvalue weighted by atomic mass is 9.97. The Hall–Kier alpha value is -1.83. The molecule has 2 N–H and O–H groups in total. The minimum absolute atomic E-state index is 0.341. The molecule has 0 amide bonds. The summed E-state index contributed by atoms with van der Waals surface area (Å²) < 4.78 is 39.6. The summed E-state index contributed by atoms with van der Waals surface area (Å²) >= 11 is 0. The van der Waals surface area contributed by atoms with E-state index in [4.69, 9.17) is 33.2 Å². The van der Waals surface area contributed by atoms with Gasteiger partial charge >= 0.3 is 17.9 Å². The molecule has 0 bridgehead atoms. The molecule has 10 atom stereocenters. The minimum atomic E-state index is -1.59. The normalized spacial score (nSPS) is 33.1.